The van der Waals surface area contributed by atoms with E-state index in [2.05, 4.69) is 5.32 Å². The molecule has 6 nitrogen and oxygen atoms in total. The molecule has 18 heavy (non-hydrogen) atoms. The van der Waals surface area contributed by atoms with Gasteiger partial charge in [-0.3, -0.25) is 9.59 Å². The van der Waals surface area contributed by atoms with Crippen LogP contribution in [0.25, 0.3) is 0 Å². The Morgan fingerprint density at radius 1 is 1.11 bits per heavy atom. The highest BCUT2D eigenvalue weighted by atomic mass is 16.4. The van der Waals surface area contributed by atoms with Crippen molar-refractivity contribution in [2.24, 2.45) is 5.73 Å². The molecule has 1 saturated carbocycles. The molecule has 1 rings (SSSR count). The quantitative estimate of drug-likeness (QED) is 0.594. The van der Waals surface area contributed by atoms with Gasteiger partial charge in [-0.25, -0.2) is 0 Å². The summed E-state index contributed by atoms with van der Waals surface area (Å²) >= 11 is 0. The first-order chi connectivity index (χ1) is 8.34. The summed E-state index contributed by atoms with van der Waals surface area (Å²) in [5, 5.41) is 19.6. The molecule has 0 aliphatic heterocycles. The lowest BCUT2D eigenvalue weighted by Gasteiger charge is -2.24. The zero-order valence-corrected chi connectivity index (χ0v) is 11.1. The second kappa shape index (κ2) is 8.88. The highest BCUT2D eigenvalue weighted by Crippen LogP contribution is 2.17. The first-order valence-electron chi connectivity index (χ1n) is 6.31. The lowest BCUT2D eigenvalue weighted by molar-refractivity contribution is -0.139. The van der Waals surface area contributed by atoms with Gasteiger partial charge in [-0.05, 0) is 26.7 Å². The van der Waals surface area contributed by atoms with Crippen molar-refractivity contribution in [1.29, 1.82) is 0 Å². The van der Waals surface area contributed by atoms with E-state index in [1.54, 1.807) is 6.92 Å². The molecule has 0 aromatic heterocycles. The van der Waals surface area contributed by atoms with Crippen molar-refractivity contribution in [1.82, 2.24) is 5.32 Å². The first kappa shape index (κ1) is 16.9. The molecule has 0 amide bonds. The van der Waals surface area contributed by atoms with Gasteiger partial charge in [0.05, 0.1) is 0 Å². The fourth-order valence-electron chi connectivity index (χ4n) is 1.69. The zero-order valence-electron chi connectivity index (χ0n) is 11.1. The van der Waals surface area contributed by atoms with Crippen LogP contribution in [-0.2, 0) is 9.59 Å². The SMILES string of the molecule is C[C@H](N)C(=O)O.C[C@H](NC1CCCCC1)C(=O)O. The van der Waals surface area contributed by atoms with E-state index in [1.165, 1.54) is 26.2 Å². The van der Waals surface area contributed by atoms with E-state index in [0.29, 0.717) is 6.04 Å². The molecule has 0 radical (unpaired) electrons. The maximum absolute atomic E-state index is 10.5. The maximum atomic E-state index is 10.5. The van der Waals surface area contributed by atoms with Gasteiger partial charge in [-0.1, -0.05) is 19.3 Å². The fraction of sp³-hybridized carbons (Fsp3) is 0.833. The van der Waals surface area contributed by atoms with Crippen molar-refractivity contribution >= 4 is 11.9 Å². The maximum Gasteiger partial charge on any atom is 0.320 e. The predicted octanol–water partition coefficient (Wildman–Crippen LogP) is 0.800. The smallest absolute Gasteiger partial charge is 0.320 e. The van der Waals surface area contributed by atoms with Crippen molar-refractivity contribution < 1.29 is 19.8 Å². The summed E-state index contributed by atoms with van der Waals surface area (Å²) in [7, 11) is 0. The van der Waals surface area contributed by atoms with Crippen molar-refractivity contribution in [2.45, 2.75) is 64.1 Å². The third-order valence-corrected chi connectivity index (χ3v) is 2.85. The van der Waals surface area contributed by atoms with Crippen LogP contribution in [0.2, 0.25) is 0 Å². The molecule has 0 unspecified atom stereocenters. The number of nitrogens with two attached hydrogens (primary N) is 1. The highest BCUT2D eigenvalue weighted by Gasteiger charge is 2.18. The average Bonchev–Trinajstić information content (AvgIpc) is 2.30. The number of hydrogen-bond donors (Lipinski definition) is 4. The Morgan fingerprint density at radius 3 is 1.89 bits per heavy atom. The van der Waals surface area contributed by atoms with Gasteiger partial charge in [0, 0.05) is 6.04 Å². The van der Waals surface area contributed by atoms with Crippen LogP contribution in [0, 0.1) is 0 Å². The molecule has 1 fully saturated rings. The standard InChI is InChI=1S/C9H17NO2.C3H7NO2/c1-7(9(11)12)10-8-5-3-2-4-6-8;1-2(4)3(5)6/h7-8,10H,2-6H2,1H3,(H,11,12);2H,4H2,1H3,(H,5,6)/t7-;2-/m00/s1. The summed E-state index contributed by atoms with van der Waals surface area (Å²) in [4.78, 5) is 20.1. The average molecular weight is 260 g/mol. The molecular formula is C12H24N2O4. The molecule has 2 atom stereocenters. The third kappa shape index (κ3) is 8.03. The summed E-state index contributed by atoms with van der Waals surface area (Å²) in [6, 6.07) is -0.692. The fourth-order valence-corrected chi connectivity index (χ4v) is 1.69. The summed E-state index contributed by atoms with van der Waals surface area (Å²) in [5.74, 6) is -1.71. The Kier molecular flexibility index (Phi) is 8.32. The van der Waals surface area contributed by atoms with Gasteiger partial charge in [-0.2, -0.15) is 0 Å². The van der Waals surface area contributed by atoms with Crippen LogP contribution in [-0.4, -0.2) is 40.3 Å². The number of nitrogens with one attached hydrogen (secondary N) is 1. The second-order valence-corrected chi connectivity index (χ2v) is 4.69. The predicted molar refractivity (Wildman–Crippen MR) is 68.4 cm³/mol. The number of carbonyl (C=O) groups is 2. The van der Waals surface area contributed by atoms with Gasteiger partial charge in [0.1, 0.15) is 12.1 Å². The second-order valence-electron chi connectivity index (χ2n) is 4.69. The molecule has 0 bridgehead atoms. The number of carboxylic acid groups (broad SMARTS) is 2. The lowest BCUT2D eigenvalue weighted by Crippen LogP contribution is -2.42. The Morgan fingerprint density at radius 2 is 1.56 bits per heavy atom. The monoisotopic (exact) mass is 260 g/mol. The van der Waals surface area contributed by atoms with Crippen LogP contribution in [0.1, 0.15) is 46.0 Å². The Hall–Kier alpha value is -1.14. The summed E-state index contributed by atoms with van der Waals surface area (Å²) in [6.45, 7) is 3.12. The van der Waals surface area contributed by atoms with Crippen molar-refractivity contribution in [3.63, 3.8) is 0 Å². The van der Waals surface area contributed by atoms with E-state index in [0.717, 1.165) is 12.8 Å². The molecule has 106 valence electrons. The minimum Gasteiger partial charge on any atom is -0.480 e. The molecule has 1 aliphatic carbocycles. The minimum absolute atomic E-state index is 0.395. The summed E-state index contributed by atoms with van der Waals surface area (Å²) < 4.78 is 0. The first-order valence-corrected chi connectivity index (χ1v) is 6.31. The van der Waals surface area contributed by atoms with E-state index >= 15 is 0 Å². The van der Waals surface area contributed by atoms with Crippen molar-refractivity contribution in [3.05, 3.63) is 0 Å². The Labute approximate surface area is 108 Å². The Bertz CT molecular complexity index is 263. The largest absolute Gasteiger partial charge is 0.480 e. The normalized spacial score (nSPS) is 19.3. The number of hydrogen-bond acceptors (Lipinski definition) is 4. The van der Waals surface area contributed by atoms with Gasteiger partial charge in [0.2, 0.25) is 0 Å². The molecule has 1 aliphatic rings. The van der Waals surface area contributed by atoms with Gasteiger partial charge in [-0.15, -0.1) is 0 Å². The van der Waals surface area contributed by atoms with Crippen LogP contribution < -0.4 is 11.1 Å². The third-order valence-electron chi connectivity index (χ3n) is 2.85. The van der Waals surface area contributed by atoms with E-state index in [1.807, 2.05) is 0 Å². The van der Waals surface area contributed by atoms with Crippen LogP contribution in [0.5, 0.6) is 0 Å². The molecule has 0 saturated heterocycles. The molecule has 0 aromatic rings. The summed E-state index contributed by atoms with van der Waals surface area (Å²) in [6.07, 6.45) is 6.06. The molecule has 0 aromatic carbocycles. The van der Waals surface area contributed by atoms with Crippen LogP contribution in [0.4, 0.5) is 0 Å². The van der Waals surface area contributed by atoms with Crippen molar-refractivity contribution in [2.75, 3.05) is 0 Å². The molecule has 5 N–H and O–H groups in total. The van der Waals surface area contributed by atoms with Crippen molar-refractivity contribution in [3.8, 4) is 0 Å². The van der Waals surface area contributed by atoms with Crippen LogP contribution >= 0.6 is 0 Å². The number of aliphatic carboxylic acids is 2. The van der Waals surface area contributed by atoms with Crippen LogP contribution in [0.15, 0.2) is 0 Å². The van der Waals surface area contributed by atoms with E-state index in [-0.39, 0.29) is 0 Å². The number of rotatable bonds is 4. The lowest BCUT2D eigenvalue weighted by atomic mass is 9.95. The molecule has 0 spiro atoms. The van der Waals surface area contributed by atoms with E-state index < -0.39 is 24.0 Å². The minimum atomic E-state index is -0.963. The highest BCUT2D eigenvalue weighted by molar-refractivity contribution is 5.73. The van der Waals surface area contributed by atoms with Gasteiger partial charge in [0.15, 0.2) is 0 Å². The van der Waals surface area contributed by atoms with Gasteiger partial charge < -0.3 is 21.3 Å². The topological polar surface area (TPSA) is 113 Å². The van der Waals surface area contributed by atoms with E-state index in [4.69, 9.17) is 15.9 Å². The molecular weight excluding hydrogens is 236 g/mol. The Balaban J connectivity index is 0.000000411. The van der Waals surface area contributed by atoms with Crippen LogP contribution in [0.3, 0.4) is 0 Å². The van der Waals surface area contributed by atoms with Gasteiger partial charge in [0.25, 0.3) is 0 Å². The van der Waals surface area contributed by atoms with Gasteiger partial charge >= 0.3 is 11.9 Å². The molecule has 0 heterocycles. The summed E-state index contributed by atoms with van der Waals surface area (Å²) in [5.41, 5.74) is 4.84. The number of carboxylic acids is 2. The zero-order chi connectivity index (χ0) is 14.1. The molecule has 6 heteroatoms. The van der Waals surface area contributed by atoms with E-state index in [9.17, 15) is 9.59 Å².